The molecule has 1 aliphatic rings. The van der Waals surface area contributed by atoms with Gasteiger partial charge in [-0.15, -0.1) is 0 Å². The van der Waals surface area contributed by atoms with Gasteiger partial charge in [0.15, 0.2) is 11.6 Å². The van der Waals surface area contributed by atoms with Crippen molar-refractivity contribution in [3.63, 3.8) is 0 Å². The summed E-state index contributed by atoms with van der Waals surface area (Å²) in [5.74, 6) is -0.334. The molecule has 0 N–H and O–H groups in total. The number of aromatic nitrogens is 1. The van der Waals surface area contributed by atoms with Gasteiger partial charge in [-0.05, 0) is 24.1 Å². The molecular weight excluding hydrogens is 346 g/mol. The molecule has 4 aromatic rings. The van der Waals surface area contributed by atoms with Gasteiger partial charge < -0.3 is 0 Å². The first-order valence-corrected chi connectivity index (χ1v) is 9.29. The second kappa shape index (κ2) is 6.24. The number of carbonyl (C=O) groups is 2. The average Bonchev–Trinajstić information content (AvgIpc) is 2.97. The molecule has 3 heteroatoms. The van der Waals surface area contributed by atoms with Crippen LogP contribution in [-0.2, 0) is 11.8 Å². The lowest BCUT2D eigenvalue weighted by Gasteiger charge is -2.26. The van der Waals surface area contributed by atoms with E-state index in [0.717, 1.165) is 16.5 Å². The number of rotatable bonds is 3. The van der Waals surface area contributed by atoms with Crippen LogP contribution in [-0.4, -0.2) is 16.6 Å². The van der Waals surface area contributed by atoms with Crippen LogP contribution >= 0.6 is 0 Å². The van der Waals surface area contributed by atoms with Gasteiger partial charge in [-0.1, -0.05) is 78.9 Å². The SMILES string of the molecule is O=C1c2ccccc2C(=O)C1(Cc1ccccc1)c1ccc2ccccc2n1. The van der Waals surface area contributed by atoms with E-state index in [-0.39, 0.29) is 11.6 Å². The second-order valence-electron chi connectivity index (χ2n) is 7.16. The van der Waals surface area contributed by atoms with Gasteiger partial charge in [0.05, 0.1) is 11.2 Å². The van der Waals surface area contributed by atoms with E-state index in [1.165, 1.54) is 0 Å². The van der Waals surface area contributed by atoms with Crippen LogP contribution in [0, 0.1) is 0 Å². The molecular formula is C25H17NO2. The number of Topliss-reactive ketones (excluding diaryl/α,β-unsaturated/α-hetero) is 2. The molecule has 0 amide bonds. The van der Waals surface area contributed by atoms with Crippen molar-refractivity contribution in [2.75, 3.05) is 0 Å². The highest BCUT2D eigenvalue weighted by Gasteiger charge is 2.55. The van der Waals surface area contributed by atoms with Crippen LogP contribution in [0.25, 0.3) is 10.9 Å². The Morgan fingerprint density at radius 2 is 1.25 bits per heavy atom. The Hall–Kier alpha value is -3.59. The fourth-order valence-corrected chi connectivity index (χ4v) is 4.13. The normalized spacial score (nSPS) is 15.0. The summed E-state index contributed by atoms with van der Waals surface area (Å²) in [4.78, 5) is 32.0. The number of carbonyl (C=O) groups excluding carboxylic acids is 2. The fraction of sp³-hybridized carbons (Fsp3) is 0.0800. The Bertz CT molecular complexity index is 1190. The smallest absolute Gasteiger partial charge is 0.183 e. The maximum atomic E-state index is 13.6. The number of benzene rings is 3. The molecule has 3 aromatic carbocycles. The van der Waals surface area contributed by atoms with Crippen LogP contribution in [0.3, 0.4) is 0 Å². The molecule has 0 radical (unpaired) electrons. The molecule has 0 saturated carbocycles. The van der Waals surface area contributed by atoms with E-state index < -0.39 is 5.41 Å². The van der Waals surface area contributed by atoms with Gasteiger partial charge in [-0.3, -0.25) is 14.6 Å². The number of fused-ring (bicyclic) bond motifs is 2. The van der Waals surface area contributed by atoms with Gasteiger partial charge >= 0.3 is 0 Å². The third-order valence-corrected chi connectivity index (χ3v) is 5.54. The Kier molecular flexibility index (Phi) is 3.69. The maximum absolute atomic E-state index is 13.6. The molecule has 0 spiro atoms. The molecule has 28 heavy (non-hydrogen) atoms. The summed E-state index contributed by atoms with van der Waals surface area (Å²) in [6.45, 7) is 0. The summed E-state index contributed by atoms with van der Waals surface area (Å²) >= 11 is 0. The van der Waals surface area contributed by atoms with Gasteiger partial charge in [0.1, 0.15) is 5.41 Å². The largest absolute Gasteiger partial charge is 0.293 e. The van der Waals surface area contributed by atoms with E-state index in [9.17, 15) is 9.59 Å². The number of ketones is 2. The van der Waals surface area contributed by atoms with Crippen molar-refractivity contribution in [1.29, 1.82) is 0 Å². The van der Waals surface area contributed by atoms with Crippen LogP contribution < -0.4 is 0 Å². The van der Waals surface area contributed by atoms with Crippen LogP contribution in [0.5, 0.6) is 0 Å². The molecule has 0 unspecified atom stereocenters. The van der Waals surface area contributed by atoms with Crippen molar-refractivity contribution >= 4 is 22.5 Å². The number of para-hydroxylation sites is 1. The van der Waals surface area contributed by atoms with Gasteiger partial charge in [0.2, 0.25) is 0 Å². The average molecular weight is 363 g/mol. The molecule has 1 aliphatic carbocycles. The van der Waals surface area contributed by atoms with Gasteiger partial charge in [-0.2, -0.15) is 0 Å². The molecule has 0 saturated heterocycles. The zero-order valence-corrected chi connectivity index (χ0v) is 15.1. The molecule has 3 nitrogen and oxygen atoms in total. The highest BCUT2D eigenvalue weighted by atomic mass is 16.2. The van der Waals surface area contributed by atoms with Crippen molar-refractivity contribution in [2.45, 2.75) is 11.8 Å². The quantitative estimate of drug-likeness (QED) is 0.492. The van der Waals surface area contributed by atoms with E-state index in [1.807, 2.05) is 66.7 Å². The lowest BCUT2D eigenvalue weighted by molar-refractivity contribution is 0.0789. The topological polar surface area (TPSA) is 47.0 Å². The summed E-state index contributed by atoms with van der Waals surface area (Å²) in [6.07, 6.45) is 0.297. The van der Waals surface area contributed by atoms with E-state index >= 15 is 0 Å². The van der Waals surface area contributed by atoms with Crippen LogP contribution in [0.1, 0.15) is 32.0 Å². The van der Waals surface area contributed by atoms with Crippen LogP contribution in [0.2, 0.25) is 0 Å². The zero-order chi connectivity index (χ0) is 19.1. The minimum absolute atomic E-state index is 0.167. The highest BCUT2D eigenvalue weighted by Crippen LogP contribution is 2.42. The molecule has 0 bridgehead atoms. The lowest BCUT2D eigenvalue weighted by Crippen LogP contribution is -2.41. The molecule has 5 rings (SSSR count). The fourth-order valence-electron chi connectivity index (χ4n) is 4.13. The predicted octanol–water partition coefficient (Wildman–Crippen LogP) is 4.79. The van der Waals surface area contributed by atoms with E-state index in [2.05, 4.69) is 0 Å². The monoisotopic (exact) mass is 363 g/mol. The van der Waals surface area contributed by atoms with Crippen molar-refractivity contribution in [1.82, 2.24) is 4.98 Å². The van der Waals surface area contributed by atoms with Crippen LogP contribution in [0.4, 0.5) is 0 Å². The van der Waals surface area contributed by atoms with Crippen molar-refractivity contribution in [3.05, 3.63) is 113 Å². The maximum Gasteiger partial charge on any atom is 0.183 e. The summed E-state index contributed by atoms with van der Waals surface area (Å²) in [5, 5.41) is 0.983. The Morgan fingerprint density at radius 3 is 1.96 bits per heavy atom. The summed E-state index contributed by atoms with van der Waals surface area (Å²) in [6, 6.07) is 28.3. The third-order valence-electron chi connectivity index (χ3n) is 5.54. The summed E-state index contributed by atoms with van der Waals surface area (Å²) in [7, 11) is 0. The number of hydrogen-bond donors (Lipinski definition) is 0. The first kappa shape index (κ1) is 16.6. The van der Waals surface area contributed by atoms with Gasteiger partial charge in [-0.25, -0.2) is 0 Å². The Morgan fingerprint density at radius 1 is 0.643 bits per heavy atom. The summed E-state index contributed by atoms with van der Waals surface area (Å²) in [5.41, 5.74) is 1.88. The minimum Gasteiger partial charge on any atom is -0.293 e. The highest BCUT2D eigenvalue weighted by molar-refractivity contribution is 6.33. The Labute approximate surface area is 162 Å². The van der Waals surface area contributed by atoms with Gasteiger partial charge in [0, 0.05) is 16.5 Å². The van der Waals surface area contributed by atoms with Crippen molar-refractivity contribution in [2.24, 2.45) is 0 Å². The minimum atomic E-state index is -1.32. The lowest BCUT2D eigenvalue weighted by atomic mass is 9.74. The molecule has 0 fully saturated rings. The van der Waals surface area contributed by atoms with E-state index in [1.54, 1.807) is 24.3 Å². The molecule has 1 heterocycles. The van der Waals surface area contributed by atoms with E-state index in [4.69, 9.17) is 4.98 Å². The standard InChI is InChI=1S/C25H17NO2/c27-23-19-11-5-6-12-20(19)24(28)25(23,16-17-8-2-1-3-9-17)22-15-14-18-10-4-7-13-21(18)26-22/h1-15H,16H2. The van der Waals surface area contributed by atoms with Crippen LogP contribution in [0.15, 0.2) is 91.0 Å². The molecule has 0 aliphatic heterocycles. The molecule has 134 valence electrons. The third kappa shape index (κ3) is 2.33. The Balaban J connectivity index is 1.76. The summed E-state index contributed by atoms with van der Waals surface area (Å²) < 4.78 is 0. The van der Waals surface area contributed by atoms with Gasteiger partial charge in [0.25, 0.3) is 0 Å². The van der Waals surface area contributed by atoms with E-state index in [0.29, 0.717) is 23.2 Å². The number of hydrogen-bond acceptors (Lipinski definition) is 3. The zero-order valence-electron chi connectivity index (χ0n) is 15.1. The number of nitrogens with zero attached hydrogens (tertiary/aromatic N) is 1. The van der Waals surface area contributed by atoms with Crippen molar-refractivity contribution < 1.29 is 9.59 Å². The predicted molar refractivity (Wildman–Crippen MR) is 109 cm³/mol. The molecule has 0 atom stereocenters. The first-order valence-electron chi connectivity index (χ1n) is 9.29. The first-order chi connectivity index (χ1) is 13.7. The molecule has 1 aromatic heterocycles. The number of pyridine rings is 1. The van der Waals surface area contributed by atoms with Crippen molar-refractivity contribution in [3.8, 4) is 0 Å². The second-order valence-corrected chi connectivity index (χ2v) is 7.16.